The Morgan fingerprint density at radius 2 is 1.83 bits per heavy atom. The summed E-state index contributed by atoms with van der Waals surface area (Å²) in [6.45, 7) is 6.82. The first-order valence-electron chi connectivity index (χ1n) is 12.2. The van der Waals surface area contributed by atoms with Crippen LogP contribution in [0.1, 0.15) is 78.6 Å². The minimum Gasteiger partial charge on any atom is -0.393 e. The fourth-order valence-electron chi connectivity index (χ4n) is 8.76. The van der Waals surface area contributed by atoms with Gasteiger partial charge >= 0.3 is 0 Å². The van der Waals surface area contributed by atoms with Crippen molar-refractivity contribution in [1.82, 2.24) is 5.43 Å². The summed E-state index contributed by atoms with van der Waals surface area (Å²) < 4.78 is 0. The number of rotatable bonds is 4. The van der Waals surface area contributed by atoms with Crippen LogP contribution in [-0.4, -0.2) is 39.5 Å². The Balaban J connectivity index is 1.58. The number of nitrogens with two attached hydrogens (primary N) is 1. The van der Waals surface area contributed by atoms with Gasteiger partial charge in [-0.15, -0.1) is 0 Å². The molecule has 0 radical (unpaired) electrons. The zero-order valence-corrected chi connectivity index (χ0v) is 18.9. The van der Waals surface area contributed by atoms with E-state index in [1.165, 1.54) is 0 Å². The lowest BCUT2D eigenvalue weighted by Crippen LogP contribution is -2.62. The van der Waals surface area contributed by atoms with Crippen LogP contribution in [0.25, 0.3) is 0 Å². The number of hydrogen-bond acceptors (Lipinski definition) is 5. The molecule has 4 aliphatic carbocycles. The molecule has 4 saturated carbocycles. The van der Waals surface area contributed by atoms with Crippen LogP contribution in [0.5, 0.6) is 0 Å². The van der Waals surface area contributed by atoms with E-state index in [0.717, 1.165) is 51.4 Å². The molecule has 11 atom stereocenters. The summed E-state index contributed by atoms with van der Waals surface area (Å²) >= 11 is 0. The Morgan fingerprint density at radius 3 is 2.53 bits per heavy atom. The molecule has 0 spiro atoms. The molecule has 1 amide bonds. The molecular formula is C24H42N2O4. The average molecular weight is 423 g/mol. The molecule has 0 bridgehead atoms. The monoisotopic (exact) mass is 422 g/mol. The molecule has 0 aromatic carbocycles. The largest absolute Gasteiger partial charge is 0.393 e. The van der Waals surface area contributed by atoms with Crippen LogP contribution in [0, 0.1) is 46.3 Å². The summed E-state index contributed by atoms with van der Waals surface area (Å²) in [7, 11) is 0. The number of nitrogens with one attached hydrogen (secondary N) is 1. The first-order chi connectivity index (χ1) is 14.1. The van der Waals surface area contributed by atoms with E-state index in [0.29, 0.717) is 36.0 Å². The van der Waals surface area contributed by atoms with E-state index >= 15 is 0 Å². The van der Waals surface area contributed by atoms with Crippen molar-refractivity contribution >= 4 is 5.91 Å². The number of hydrazine groups is 1. The molecule has 6 N–H and O–H groups in total. The third-order valence-electron chi connectivity index (χ3n) is 10.5. The van der Waals surface area contributed by atoms with Gasteiger partial charge in [-0.1, -0.05) is 20.8 Å². The zero-order chi connectivity index (χ0) is 21.8. The maximum Gasteiger partial charge on any atom is 0.233 e. The molecule has 6 nitrogen and oxygen atoms in total. The van der Waals surface area contributed by atoms with Gasteiger partial charge in [-0.05, 0) is 97.7 Å². The number of fused-ring (bicyclic) bond motifs is 5. The van der Waals surface area contributed by atoms with Crippen molar-refractivity contribution in [3.8, 4) is 0 Å². The van der Waals surface area contributed by atoms with Crippen LogP contribution < -0.4 is 11.3 Å². The van der Waals surface area contributed by atoms with Gasteiger partial charge < -0.3 is 15.3 Å². The molecular weight excluding hydrogens is 380 g/mol. The number of aliphatic hydroxyl groups excluding tert-OH is 3. The summed E-state index contributed by atoms with van der Waals surface area (Å²) in [5, 5.41) is 33.1. The molecule has 0 aliphatic heterocycles. The molecule has 0 heterocycles. The second-order valence-electron chi connectivity index (χ2n) is 11.6. The van der Waals surface area contributed by atoms with E-state index in [4.69, 9.17) is 5.84 Å². The van der Waals surface area contributed by atoms with Crippen molar-refractivity contribution in [2.75, 3.05) is 0 Å². The van der Waals surface area contributed by atoms with E-state index in [2.05, 4.69) is 26.2 Å². The minimum absolute atomic E-state index is 0.106. The number of amides is 1. The lowest BCUT2D eigenvalue weighted by atomic mass is 9.43. The number of carbonyl (C=O) groups excluding carboxylic acids is 1. The number of carbonyl (C=O) groups is 1. The van der Waals surface area contributed by atoms with E-state index < -0.39 is 0 Å². The lowest BCUT2D eigenvalue weighted by molar-refractivity contribution is -0.207. The van der Waals surface area contributed by atoms with Crippen molar-refractivity contribution in [1.29, 1.82) is 0 Å². The molecule has 30 heavy (non-hydrogen) atoms. The van der Waals surface area contributed by atoms with Crippen molar-refractivity contribution in [2.45, 2.75) is 96.9 Å². The molecule has 6 heteroatoms. The molecule has 4 rings (SSSR count). The maximum atomic E-state index is 11.6. The fraction of sp³-hybridized carbons (Fsp3) is 0.958. The summed E-state index contributed by atoms with van der Waals surface area (Å²) in [4.78, 5) is 11.6. The maximum absolute atomic E-state index is 11.6. The molecule has 4 aliphatic rings. The van der Waals surface area contributed by atoms with Gasteiger partial charge in [0.1, 0.15) is 0 Å². The summed E-state index contributed by atoms with van der Waals surface area (Å²) in [6, 6.07) is 0. The standard InChI is InChI=1S/C24H42N2O4/c1-13(4-7-21(30)26-25)16-5-6-17-22-18(12-20(29)24(16,17)3)23(2)9-8-15(27)10-14(23)11-19(22)28/h13-20,22,27-29H,4-12,25H2,1-3H3,(H,26,30)/t13-,14+,15-,16+,17-,18+,19-,20+,22-,23+,24-/m1/s1. The predicted octanol–water partition coefficient (Wildman–Crippen LogP) is 2.35. The molecule has 172 valence electrons. The quantitative estimate of drug-likeness (QED) is 0.271. The van der Waals surface area contributed by atoms with Gasteiger partial charge in [-0.2, -0.15) is 0 Å². The molecule has 0 aromatic rings. The third kappa shape index (κ3) is 3.33. The van der Waals surface area contributed by atoms with E-state index in [1.54, 1.807) is 0 Å². The van der Waals surface area contributed by atoms with Gasteiger partial charge in [0.05, 0.1) is 18.3 Å². The highest BCUT2D eigenvalue weighted by Gasteiger charge is 2.65. The average Bonchev–Trinajstić information content (AvgIpc) is 3.06. The van der Waals surface area contributed by atoms with Gasteiger partial charge in [0.15, 0.2) is 0 Å². The van der Waals surface area contributed by atoms with Crippen LogP contribution in [0.2, 0.25) is 0 Å². The first-order valence-corrected chi connectivity index (χ1v) is 12.2. The fourth-order valence-corrected chi connectivity index (χ4v) is 8.76. The first kappa shape index (κ1) is 22.5. The van der Waals surface area contributed by atoms with Gasteiger partial charge in [0.2, 0.25) is 5.91 Å². The van der Waals surface area contributed by atoms with Gasteiger partial charge in [-0.25, -0.2) is 5.84 Å². The SMILES string of the molecule is C[C@H](CCC(=O)NN)[C@@H]1CC[C@@H]2[C@H]3[C@H](O)C[C@@H]4C[C@H](O)CC[C@]4(C)[C@H]3C[C@H](O)[C@@]21C. The Kier molecular flexibility index (Phi) is 6.02. The predicted molar refractivity (Wildman–Crippen MR) is 115 cm³/mol. The summed E-state index contributed by atoms with van der Waals surface area (Å²) in [5.74, 6) is 7.03. The summed E-state index contributed by atoms with van der Waals surface area (Å²) in [5.41, 5.74) is 2.12. The van der Waals surface area contributed by atoms with E-state index in [-0.39, 0.29) is 41.0 Å². The molecule has 0 unspecified atom stereocenters. The zero-order valence-electron chi connectivity index (χ0n) is 18.9. The highest BCUT2D eigenvalue weighted by atomic mass is 16.3. The Morgan fingerprint density at radius 1 is 1.10 bits per heavy atom. The smallest absolute Gasteiger partial charge is 0.233 e. The number of hydrogen-bond donors (Lipinski definition) is 5. The summed E-state index contributed by atoms with van der Waals surface area (Å²) in [6.07, 6.45) is 6.50. The number of aliphatic hydroxyl groups is 3. The Labute approximate surface area is 181 Å². The van der Waals surface area contributed by atoms with Crippen molar-refractivity contribution in [2.24, 2.45) is 52.2 Å². The third-order valence-corrected chi connectivity index (χ3v) is 10.5. The van der Waals surface area contributed by atoms with Crippen LogP contribution in [0.4, 0.5) is 0 Å². The highest BCUT2D eigenvalue weighted by Crippen LogP contribution is 2.68. The molecule has 0 saturated heterocycles. The minimum atomic E-state index is -0.378. The van der Waals surface area contributed by atoms with Crippen LogP contribution in [-0.2, 0) is 4.79 Å². The second-order valence-corrected chi connectivity index (χ2v) is 11.6. The van der Waals surface area contributed by atoms with Crippen molar-refractivity contribution in [3.63, 3.8) is 0 Å². The van der Waals surface area contributed by atoms with Gasteiger partial charge in [-0.3, -0.25) is 10.2 Å². The second kappa shape index (κ2) is 8.02. The normalized spacial score (nSPS) is 51.4. The topological polar surface area (TPSA) is 116 Å². The van der Waals surface area contributed by atoms with Crippen LogP contribution >= 0.6 is 0 Å². The van der Waals surface area contributed by atoms with Gasteiger partial charge in [0.25, 0.3) is 0 Å². The van der Waals surface area contributed by atoms with E-state index in [9.17, 15) is 20.1 Å². The van der Waals surface area contributed by atoms with E-state index in [1.807, 2.05) is 0 Å². The Hall–Kier alpha value is -0.690. The highest BCUT2D eigenvalue weighted by molar-refractivity contribution is 5.75. The van der Waals surface area contributed by atoms with Crippen LogP contribution in [0.3, 0.4) is 0 Å². The molecule has 4 fully saturated rings. The van der Waals surface area contributed by atoms with Crippen molar-refractivity contribution < 1.29 is 20.1 Å². The lowest BCUT2D eigenvalue weighted by Gasteiger charge is -2.63. The Bertz CT molecular complexity index is 659. The van der Waals surface area contributed by atoms with Crippen molar-refractivity contribution in [3.05, 3.63) is 0 Å². The molecule has 0 aromatic heterocycles. The van der Waals surface area contributed by atoms with Gasteiger partial charge in [0, 0.05) is 6.42 Å². The van der Waals surface area contributed by atoms with Crippen LogP contribution in [0.15, 0.2) is 0 Å².